The third-order valence-electron chi connectivity index (χ3n) is 4.54. The maximum absolute atomic E-state index is 12.1. The van der Waals surface area contributed by atoms with Gasteiger partial charge >= 0.3 is 0 Å². The number of rotatable bonds is 5. The number of amides is 1. The van der Waals surface area contributed by atoms with Crippen molar-refractivity contribution in [3.8, 4) is 0 Å². The smallest absolute Gasteiger partial charge is 0.224 e. The molecule has 0 aromatic heterocycles. The van der Waals surface area contributed by atoms with Crippen LogP contribution in [0.5, 0.6) is 0 Å². The van der Waals surface area contributed by atoms with Crippen molar-refractivity contribution in [1.82, 2.24) is 5.32 Å². The van der Waals surface area contributed by atoms with Gasteiger partial charge in [0.25, 0.3) is 0 Å². The zero-order chi connectivity index (χ0) is 12.4. The van der Waals surface area contributed by atoms with Crippen molar-refractivity contribution < 1.29 is 4.79 Å². The number of nitrogens with one attached hydrogen (secondary N) is 1. The van der Waals surface area contributed by atoms with E-state index >= 15 is 0 Å². The molecule has 3 N–H and O–H groups in total. The van der Waals surface area contributed by atoms with Crippen LogP contribution in [0.25, 0.3) is 0 Å². The van der Waals surface area contributed by atoms with Crippen LogP contribution in [-0.4, -0.2) is 30.0 Å². The largest absolute Gasteiger partial charge is 0.356 e. The molecule has 2 rings (SSSR count). The summed E-state index contributed by atoms with van der Waals surface area (Å²) in [6.45, 7) is 2.99. The average Bonchev–Trinajstić information content (AvgIpc) is 2.88. The summed E-state index contributed by atoms with van der Waals surface area (Å²) in [5.74, 6) is 1.48. The molecule has 0 spiro atoms. The highest BCUT2D eigenvalue weighted by Crippen LogP contribution is 2.47. The molecule has 0 aromatic carbocycles. The molecule has 0 aromatic rings. The van der Waals surface area contributed by atoms with Crippen LogP contribution in [-0.2, 0) is 4.79 Å². The fourth-order valence-electron chi connectivity index (χ4n) is 3.36. The van der Waals surface area contributed by atoms with Crippen LogP contribution in [0, 0.1) is 17.8 Å². The lowest BCUT2D eigenvalue weighted by Crippen LogP contribution is -2.45. The zero-order valence-electron chi connectivity index (χ0n) is 10.8. The van der Waals surface area contributed by atoms with Crippen LogP contribution in [0.1, 0.15) is 32.6 Å². The van der Waals surface area contributed by atoms with Gasteiger partial charge in [0.15, 0.2) is 0 Å². The molecule has 0 radical (unpaired) electrons. The van der Waals surface area contributed by atoms with Crippen LogP contribution in [0.15, 0.2) is 0 Å². The Kier molecular flexibility index (Phi) is 4.36. The van der Waals surface area contributed by atoms with Gasteiger partial charge in [-0.15, -0.1) is 0 Å². The highest BCUT2D eigenvalue weighted by molar-refractivity contribution is 7.99. The lowest BCUT2D eigenvalue weighted by atomic mass is 9.84. The van der Waals surface area contributed by atoms with Crippen molar-refractivity contribution in [2.24, 2.45) is 23.5 Å². The number of carbonyl (C=O) groups is 1. The maximum atomic E-state index is 12.1. The fraction of sp³-hybridized carbons (Fsp3) is 0.923. The third-order valence-corrected chi connectivity index (χ3v) is 5.58. The third kappa shape index (κ3) is 2.79. The van der Waals surface area contributed by atoms with E-state index in [0.29, 0.717) is 17.1 Å². The summed E-state index contributed by atoms with van der Waals surface area (Å²) in [6.07, 6.45) is 6.78. The first-order chi connectivity index (χ1) is 8.13. The summed E-state index contributed by atoms with van der Waals surface area (Å²) >= 11 is 1.85. The molecule has 3 nitrogen and oxygen atoms in total. The van der Waals surface area contributed by atoms with Crippen molar-refractivity contribution >= 4 is 17.7 Å². The molecule has 0 aliphatic heterocycles. The summed E-state index contributed by atoms with van der Waals surface area (Å²) in [5, 5.41) is 3.69. The summed E-state index contributed by atoms with van der Waals surface area (Å²) in [7, 11) is 0. The summed E-state index contributed by atoms with van der Waals surface area (Å²) in [6, 6.07) is 0.117. The van der Waals surface area contributed by atoms with Crippen molar-refractivity contribution in [2.45, 2.75) is 43.9 Å². The van der Waals surface area contributed by atoms with E-state index in [4.69, 9.17) is 5.73 Å². The quantitative estimate of drug-likeness (QED) is 0.786. The van der Waals surface area contributed by atoms with Crippen LogP contribution in [0.4, 0.5) is 0 Å². The van der Waals surface area contributed by atoms with Gasteiger partial charge in [-0.25, -0.2) is 0 Å². The first-order valence-electron chi connectivity index (χ1n) is 6.69. The molecular weight excluding hydrogens is 232 g/mol. The molecule has 0 saturated heterocycles. The zero-order valence-corrected chi connectivity index (χ0v) is 11.6. The second kappa shape index (κ2) is 5.61. The minimum Gasteiger partial charge on any atom is -0.356 e. The molecule has 5 atom stereocenters. The molecule has 17 heavy (non-hydrogen) atoms. The number of carbonyl (C=O) groups excluding carboxylic acids is 1. The van der Waals surface area contributed by atoms with Gasteiger partial charge in [-0.3, -0.25) is 4.79 Å². The van der Waals surface area contributed by atoms with Crippen LogP contribution < -0.4 is 11.1 Å². The van der Waals surface area contributed by atoms with Gasteiger partial charge in [-0.05, 0) is 43.8 Å². The van der Waals surface area contributed by atoms with E-state index in [0.717, 1.165) is 13.0 Å². The summed E-state index contributed by atoms with van der Waals surface area (Å²) in [5.41, 5.74) is 6.16. The van der Waals surface area contributed by atoms with E-state index in [-0.39, 0.29) is 17.9 Å². The molecule has 2 fully saturated rings. The highest BCUT2D eigenvalue weighted by atomic mass is 32.2. The highest BCUT2D eigenvalue weighted by Gasteiger charge is 2.48. The predicted octanol–water partition coefficient (Wildman–Crippen LogP) is 1.62. The van der Waals surface area contributed by atoms with E-state index in [1.54, 1.807) is 0 Å². The molecule has 0 heterocycles. The summed E-state index contributed by atoms with van der Waals surface area (Å²) < 4.78 is 0. The lowest BCUT2D eigenvalue weighted by Gasteiger charge is -2.27. The standard InChI is InChI=1S/C13H24N2OS/c1-8(17-2)5-6-15-13(16)11-9-3-4-10(7-9)12(11)14/h8-12H,3-7,14H2,1-2H3,(H,15,16). The molecular formula is C13H24N2OS. The molecule has 98 valence electrons. The Morgan fingerprint density at radius 2 is 2.18 bits per heavy atom. The Morgan fingerprint density at radius 1 is 1.47 bits per heavy atom. The van der Waals surface area contributed by atoms with Crippen molar-refractivity contribution in [3.05, 3.63) is 0 Å². The summed E-state index contributed by atoms with van der Waals surface area (Å²) in [4.78, 5) is 12.1. The van der Waals surface area contributed by atoms with Gasteiger partial charge < -0.3 is 11.1 Å². The van der Waals surface area contributed by atoms with Gasteiger partial charge in [0.1, 0.15) is 0 Å². The van der Waals surface area contributed by atoms with Gasteiger partial charge in [-0.1, -0.05) is 6.92 Å². The van der Waals surface area contributed by atoms with E-state index in [2.05, 4.69) is 18.5 Å². The topological polar surface area (TPSA) is 55.1 Å². The number of thioether (sulfide) groups is 1. The minimum absolute atomic E-state index is 0.0957. The van der Waals surface area contributed by atoms with E-state index < -0.39 is 0 Å². The van der Waals surface area contributed by atoms with Crippen molar-refractivity contribution in [2.75, 3.05) is 12.8 Å². The van der Waals surface area contributed by atoms with Gasteiger partial charge in [0, 0.05) is 17.8 Å². The van der Waals surface area contributed by atoms with Crippen LogP contribution in [0.3, 0.4) is 0 Å². The average molecular weight is 256 g/mol. The Morgan fingerprint density at radius 3 is 2.76 bits per heavy atom. The minimum atomic E-state index is 0.0957. The monoisotopic (exact) mass is 256 g/mol. The number of nitrogens with two attached hydrogens (primary N) is 1. The number of hydrogen-bond donors (Lipinski definition) is 2. The Balaban J connectivity index is 1.77. The molecule has 2 aliphatic carbocycles. The van der Waals surface area contributed by atoms with Gasteiger partial charge in [0.2, 0.25) is 5.91 Å². The maximum Gasteiger partial charge on any atom is 0.224 e. The van der Waals surface area contributed by atoms with Gasteiger partial charge in [0.05, 0.1) is 5.92 Å². The number of hydrogen-bond acceptors (Lipinski definition) is 3. The van der Waals surface area contributed by atoms with Crippen LogP contribution >= 0.6 is 11.8 Å². The fourth-order valence-corrected chi connectivity index (χ4v) is 3.71. The molecule has 5 unspecified atom stereocenters. The van der Waals surface area contributed by atoms with E-state index in [9.17, 15) is 4.79 Å². The second-order valence-corrected chi connectivity index (χ2v) is 6.84. The molecule has 1 amide bonds. The Hall–Kier alpha value is -0.220. The lowest BCUT2D eigenvalue weighted by molar-refractivity contribution is -0.127. The number of fused-ring (bicyclic) bond motifs is 2. The SMILES string of the molecule is CSC(C)CCNC(=O)C1C2CCC(C2)C1N. The van der Waals surface area contributed by atoms with E-state index in [1.807, 2.05) is 11.8 Å². The first kappa shape index (κ1) is 13.2. The van der Waals surface area contributed by atoms with Crippen molar-refractivity contribution in [1.29, 1.82) is 0 Å². The molecule has 2 saturated carbocycles. The second-order valence-electron chi connectivity index (χ2n) is 5.56. The van der Waals surface area contributed by atoms with E-state index in [1.165, 1.54) is 19.3 Å². The van der Waals surface area contributed by atoms with Crippen molar-refractivity contribution in [3.63, 3.8) is 0 Å². The molecule has 2 aliphatic rings. The van der Waals surface area contributed by atoms with Gasteiger partial charge in [-0.2, -0.15) is 11.8 Å². The first-order valence-corrected chi connectivity index (χ1v) is 7.98. The Bertz CT molecular complexity index is 283. The Labute approximate surface area is 108 Å². The molecule has 2 bridgehead atoms. The normalized spacial score (nSPS) is 37.1. The molecule has 4 heteroatoms. The van der Waals surface area contributed by atoms with Crippen LogP contribution in [0.2, 0.25) is 0 Å². The predicted molar refractivity (Wildman–Crippen MR) is 72.9 cm³/mol.